The molecule has 1 atom stereocenters. The number of benzene rings is 1. The van der Waals surface area contributed by atoms with Gasteiger partial charge in [-0.25, -0.2) is 9.78 Å². The molecule has 0 spiro atoms. The van der Waals surface area contributed by atoms with Crippen molar-refractivity contribution >= 4 is 28.2 Å². The quantitative estimate of drug-likeness (QED) is 0.944. The zero-order chi connectivity index (χ0) is 16.6. The van der Waals surface area contributed by atoms with Crippen LogP contribution in [-0.4, -0.2) is 42.7 Å². The number of aromatic nitrogens is 1. The molecule has 1 aliphatic heterocycles. The van der Waals surface area contributed by atoms with Gasteiger partial charge in [-0.2, -0.15) is 0 Å². The Hall–Kier alpha value is -2.30. The van der Waals surface area contributed by atoms with Crippen molar-refractivity contribution in [2.75, 3.05) is 30.4 Å². The number of aliphatic carboxylic acids is 1. The first-order valence-corrected chi connectivity index (χ1v) is 8.06. The standard InChI is InChI=1S/C18H23N3O2/c1-12-11-19-17(21-10-5-4-8-15(21)18(22)23)13-7-6-9-14(16(12)13)20(2)3/h6-7,9,11,15H,4-5,8,10H2,1-3H3,(H,22,23). The normalized spacial score (nSPS) is 18.2. The van der Waals surface area contributed by atoms with E-state index in [1.165, 1.54) is 0 Å². The van der Waals surface area contributed by atoms with Crippen LogP contribution >= 0.6 is 0 Å². The molecule has 0 radical (unpaired) electrons. The third kappa shape index (κ3) is 2.71. The molecule has 1 fully saturated rings. The summed E-state index contributed by atoms with van der Waals surface area (Å²) in [5.74, 6) is 0.0328. The van der Waals surface area contributed by atoms with Crippen LogP contribution in [0.25, 0.3) is 10.8 Å². The smallest absolute Gasteiger partial charge is 0.326 e. The summed E-state index contributed by atoms with van der Waals surface area (Å²) in [4.78, 5) is 20.3. The van der Waals surface area contributed by atoms with Crippen molar-refractivity contribution in [2.45, 2.75) is 32.2 Å². The van der Waals surface area contributed by atoms with Crippen LogP contribution in [0, 0.1) is 6.92 Å². The summed E-state index contributed by atoms with van der Waals surface area (Å²) in [5, 5.41) is 11.7. The Bertz CT molecular complexity index is 742. The molecule has 1 N–H and O–H groups in total. The Kier molecular flexibility index (Phi) is 4.11. The number of hydrogen-bond acceptors (Lipinski definition) is 4. The molecule has 122 valence electrons. The molecule has 0 amide bonds. The van der Waals surface area contributed by atoms with Crippen LogP contribution in [0.2, 0.25) is 0 Å². The van der Waals surface area contributed by atoms with Crippen molar-refractivity contribution < 1.29 is 9.90 Å². The van der Waals surface area contributed by atoms with Gasteiger partial charge in [0.05, 0.1) is 0 Å². The van der Waals surface area contributed by atoms with Gasteiger partial charge in [-0.1, -0.05) is 12.1 Å². The highest BCUT2D eigenvalue weighted by atomic mass is 16.4. The van der Waals surface area contributed by atoms with Crippen molar-refractivity contribution in [2.24, 2.45) is 0 Å². The number of carboxylic acids is 1. The molecule has 1 aromatic carbocycles. The van der Waals surface area contributed by atoms with E-state index in [1.807, 2.05) is 37.3 Å². The number of carboxylic acid groups (broad SMARTS) is 1. The highest BCUT2D eigenvalue weighted by molar-refractivity contribution is 6.03. The maximum Gasteiger partial charge on any atom is 0.326 e. The first-order chi connectivity index (χ1) is 11.0. The van der Waals surface area contributed by atoms with Gasteiger partial charge in [0, 0.05) is 43.3 Å². The predicted molar refractivity (Wildman–Crippen MR) is 93.4 cm³/mol. The monoisotopic (exact) mass is 313 g/mol. The lowest BCUT2D eigenvalue weighted by molar-refractivity contribution is -0.139. The molecule has 2 aromatic rings. The van der Waals surface area contributed by atoms with Crippen LogP contribution in [0.3, 0.4) is 0 Å². The molecule has 1 aliphatic rings. The van der Waals surface area contributed by atoms with Gasteiger partial charge in [0.1, 0.15) is 11.9 Å². The van der Waals surface area contributed by atoms with Crippen LogP contribution in [0.5, 0.6) is 0 Å². The lowest BCUT2D eigenvalue weighted by atomic mass is 9.99. The van der Waals surface area contributed by atoms with Crippen LogP contribution in [-0.2, 0) is 4.79 Å². The largest absolute Gasteiger partial charge is 0.480 e. The number of nitrogens with zero attached hydrogens (tertiary/aromatic N) is 3. The van der Waals surface area contributed by atoms with Crippen molar-refractivity contribution in [3.8, 4) is 0 Å². The van der Waals surface area contributed by atoms with Crippen molar-refractivity contribution in [1.82, 2.24) is 4.98 Å². The van der Waals surface area contributed by atoms with E-state index in [9.17, 15) is 9.90 Å². The molecule has 23 heavy (non-hydrogen) atoms. The second-order valence-electron chi connectivity index (χ2n) is 6.40. The third-order valence-corrected chi connectivity index (χ3v) is 4.60. The van der Waals surface area contributed by atoms with E-state index >= 15 is 0 Å². The molecular weight excluding hydrogens is 290 g/mol. The third-order valence-electron chi connectivity index (χ3n) is 4.60. The Morgan fingerprint density at radius 2 is 2.13 bits per heavy atom. The van der Waals surface area contributed by atoms with Gasteiger partial charge in [-0.05, 0) is 37.8 Å². The number of anilines is 2. The Balaban J connectivity index is 2.20. The fraction of sp³-hybridized carbons (Fsp3) is 0.444. The van der Waals surface area contributed by atoms with E-state index in [1.54, 1.807) is 0 Å². The second-order valence-corrected chi connectivity index (χ2v) is 6.40. The summed E-state index contributed by atoms with van der Waals surface area (Å²) in [6.45, 7) is 2.80. The number of rotatable bonds is 3. The van der Waals surface area contributed by atoms with Crippen LogP contribution in [0.1, 0.15) is 24.8 Å². The van der Waals surface area contributed by atoms with E-state index in [0.29, 0.717) is 6.42 Å². The maximum atomic E-state index is 11.6. The van der Waals surface area contributed by atoms with E-state index in [0.717, 1.165) is 47.2 Å². The zero-order valence-corrected chi connectivity index (χ0v) is 13.9. The highest BCUT2D eigenvalue weighted by Gasteiger charge is 2.30. The second kappa shape index (κ2) is 6.07. The summed E-state index contributed by atoms with van der Waals surface area (Å²) < 4.78 is 0. The number of carbonyl (C=O) groups is 1. The average Bonchev–Trinajstić information content (AvgIpc) is 2.54. The number of piperidine rings is 1. The lowest BCUT2D eigenvalue weighted by Gasteiger charge is -2.35. The molecule has 1 aromatic heterocycles. The van der Waals surface area contributed by atoms with Crippen molar-refractivity contribution in [1.29, 1.82) is 0 Å². The van der Waals surface area contributed by atoms with Gasteiger partial charge in [0.2, 0.25) is 0 Å². The van der Waals surface area contributed by atoms with E-state index in [4.69, 9.17) is 0 Å². The average molecular weight is 313 g/mol. The minimum absolute atomic E-state index is 0.481. The molecule has 0 bridgehead atoms. The molecule has 3 rings (SSSR count). The first-order valence-electron chi connectivity index (χ1n) is 8.06. The Morgan fingerprint density at radius 3 is 2.83 bits per heavy atom. The van der Waals surface area contributed by atoms with Gasteiger partial charge < -0.3 is 14.9 Å². The molecule has 5 heteroatoms. The molecular formula is C18H23N3O2. The summed E-state index contributed by atoms with van der Waals surface area (Å²) >= 11 is 0. The first kappa shape index (κ1) is 15.6. The summed E-state index contributed by atoms with van der Waals surface area (Å²) in [6.07, 6.45) is 4.51. The van der Waals surface area contributed by atoms with E-state index < -0.39 is 12.0 Å². The van der Waals surface area contributed by atoms with Gasteiger partial charge >= 0.3 is 5.97 Å². The van der Waals surface area contributed by atoms with Gasteiger partial charge in [-0.15, -0.1) is 0 Å². The molecule has 1 unspecified atom stereocenters. The topological polar surface area (TPSA) is 56.7 Å². The number of fused-ring (bicyclic) bond motifs is 1. The minimum atomic E-state index is -0.760. The van der Waals surface area contributed by atoms with Crippen LogP contribution < -0.4 is 9.80 Å². The number of pyridine rings is 1. The maximum absolute atomic E-state index is 11.6. The van der Waals surface area contributed by atoms with Gasteiger partial charge in [0.25, 0.3) is 0 Å². The van der Waals surface area contributed by atoms with E-state index in [-0.39, 0.29) is 0 Å². The van der Waals surface area contributed by atoms with Crippen LogP contribution in [0.4, 0.5) is 11.5 Å². The number of aryl methyl sites for hydroxylation is 1. The Labute approximate surface area is 136 Å². The molecule has 0 aliphatic carbocycles. The zero-order valence-electron chi connectivity index (χ0n) is 13.9. The van der Waals surface area contributed by atoms with Gasteiger partial charge in [-0.3, -0.25) is 0 Å². The fourth-order valence-electron chi connectivity index (χ4n) is 3.48. The lowest BCUT2D eigenvalue weighted by Crippen LogP contribution is -2.45. The highest BCUT2D eigenvalue weighted by Crippen LogP contribution is 2.35. The Morgan fingerprint density at radius 1 is 1.35 bits per heavy atom. The SMILES string of the molecule is Cc1cnc(N2CCCCC2C(=O)O)c2cccc(N(C)C)c12. The van der Waals surface area contributed by atoms with Crippen molar-refractivity contribution in [3.05, 3.63) is 30.0 Å². The summed E-state index contributed by atoms with van der Waals surface area (Å²) in [6, 6.07) is 5.67. The molecule has 2 heterocycles. The summed E-state index contributed by atoms with van der Waals surface area (Å²) in [7, 11) is 4.05. The molecule has 1 saturated heterocycles. The fourth-order valence-corrected chi connectivity index (χ4v) is 3.48. The predicted octanol–water partition coefficient (Wildman–Crippen LogP) is 3.05. The minimum Gasteiger partial charge on any atom is -0.480 e. The van der Waals surface area contributed by atoms with E-state index in [2.05, 4.69) is 22.9 Å². The van der Waals surface area contributed by atoms with Crippen LogP contribution in [0.15, 0.2) is 24.4 Å². The molecule has 0 saturated carbocycles. The van der Waals surface area contributed by atoms with Gasteiger partial charge in [0.15, 0.2) is 0 Å². The molecule has 5 nitrogen and oxygen atoms in total. The number of hydrogen-bond donors (Lipinski definition) is 1. The van der Waals surface area contributed by atoms with Crippen molar-refractivity contribution in [3.63, 3.8) is 0 Å². The summed E-state index contributed by atoms with van der Waals surface area (Å²) in [5.41, 5.74) is 2.24.